The average Bonchev–Trinajstić information content (AvgIpc) is 3.79. The third kappa shape index (κ3) is 6.91. The summed E-state index contributed by atoms with van der Waals surface area (Å²) in [5.41, 5.74) is 14.0. The van der Waals surface area contributed by atoms with Gasteiger partial charge < -0.3 is 9.91 Å². The molecular weight excluding hydrogens is 816 g/mol. The second-order valence-corrected chi connectivity index (χ2v) is 13.1. The molecule has 0 saturated carbocycles. The van der Waals surface area contributed by atoms with Crippen LogP contribution in [-0.4, -0.2) is 22.3 Å². The first-order valence-corrected chi connectivity index (χ1v) is 17.3. The van der Waals surface area contributed by atoms with Crippen LogP contribution in [0.3, 0.4) is 0 Å². The molecule has 7 aromatic rings. The van der Waals surface area contributed by atoms with Gasteiger partial charge in [0.15, 0.2) is 6.71 Å². The number of amidine groups is 1. The molecule has 0 spiro atoms. The molecule has 7 heteroatoms. The molecule has 0 radical (unpaired) electrons. The Labute approximate surface area is 321 Å². The van der Waals surface area contributed by atoms with Crippen molar-refractivity contribution in [1.82, 2.24) is 9.78 Å². The van der Waals surface area contributed by atoms with Gasteiger partial charge in [-0.2, -0.15) is 34.2 Å². The Hall–Kier alpha value is -5.45. The van der Waals surface area contributed by atoms with E-state index in [2.05, 4.69) is 141 Å². The number of aryl methyl sites for hydroxylation is 3. The van der Waals surface area contributed by atoms with Gasteiger partial charge in [0.05, 0.1) is 17.2 Å². The summed E-state index contributed by atoms with van der Waals surface area (Å²) in [6.45, 7) is 10.5. The van der Waals surface area contributed by atoms with Gasteiger partial charge in [-0.25, -0.2) is 9.78 Å². The summed E-state index contributed by atoms with van der Waals surface area (Å²) in [7, 11) is 0. The van der Waals surface area contributed by atoms with E-state index in [0.717, 1.165) is 56.3 Å². The molecule has 0 N–H and O–H groups in total. The first-order valence-electron chi connectivity index (χ1n) is 17.3. The minimum atomic E-state index is -0.117. The van der Waals surface area contributed by atoms with Crippen molar-refractivity contribution < 1.29 is 21.1 Å². The van der Waals surface area contributed by atoms with Gasteiger partial charge in [-0.05, 0) is 57.5 Å². The Bertz CT molecular complexity index is 2280. The predicted molar refractivity (Wildman–Crippen MR) is 213 cm³/mol. The van der Waals surface area contributed by atoms with Gasteiger partial charge in [-0.3, -0.25) is 0 Å². The average molecular weight is 854 g/mol. The van der Waals surface area contributed by atoms with E-state index in [1.54, 1.807) is 0 Å². The standard InChI is InChI=1S/C45H37BN5.Pt/c1-32-26-33(2)45(34(3)27-32)46(39-20-15-25-42(29-39)50-31-49(35(4)47-50)40-21-10-6-11-22-40)38-19-14-18-37(28-38)43-30-44(36-16-8-5-9-17-36)51(48-43)41-23-12-7-13-24-41;/h5-27,30-31H,1-4H3;/q-3;. The molecule has 2 heterocycles. The first kappa shape index (κ1) is 35.0. The largest absolute Gasteiger partial charge is 0.460 e. The quantitative estimate of drug-likeness (QED) is 0.115. The normalized spacial score (nSPS) is 12.4. The molecule has 0 atom stereocenters. The summed E-state index contributed by atoms with van der Waals surface area (Å²) in [6, 6.07) is 58.1. The second-order valence-electron chi connectivity index (χ2n) is 13.1. The van der Waals surface area contributed by atoms with E-state index in [-0.39, 0.29) is 27.8 Å². The molecule has 1 aliphatic rings. The molecule has 8 rings (SSSR count). The minimum absolute atomic E-state index is 0. The fourth-order valence-electron chi connectivity index (χ4n) is 7.18. The van der Waals surface area contributed by atoms with Crippen LogP contribution < -0.4 is 26.3 Å². The van der Waals surface area contributed by atoms with Crippen LogP contribution in [0.4, 0.5) is 11.4 Å². The Morgan fingerprint density at radius 2 is 1.21 bits per heavy atom. The number of nitrogens with zero attached hydrogens (tertiary/aromatic N) is 5. The van der Waals surface area contributed by atoms with Crippen molar-refractivity contribution in [1.29, 1.82) is 0 Å². The maximum atomic E-state index is 5.17. The van der Waals surface area contributed by atoms with E-state index in [4.69, 9.17) is 10.2 Å². The van der Waals surface area contributed by atoms with E-state index >= 15 is 0 Å². The zero-order valence-electron chi connectivity index (χ0n) is 29.6. The molecule has 6 aromatic carbocycles. The van der Waals surface area contributed by atoms with Gasteiger partial charge in [-0.15, -0.1) is 42.6 Å². The Morgan fingerprint density at radius 1 is 0.615 bits per heavy atom. The van der Waals surface area contributed by atoms with Crippen LogP contribution in [0.25, 0.3) is 28.2 Å². The van der Waals surface area contributed by atoms with Crippen LogP contribution in [0.15, 0.2) is 151 Å². The van der Waals surface area contributed by atoms with Gasteiger partial charge in [-0.1, -0.05) is 113 Å². The van der Waals surface area contributed by atoms with Crippen LogP contribution in [0.2, 0.25) is 0 Å². The molecule has 0 unspecified atom stereocenters. The van der Waals surface area contributed by atoms with E-state index in [0.29, 0.717) is 0 Å². The maximum Gasteiger partial charge on any atom is 0.198 e. The summed E-state index contributed by atoms with van der Waals surface area (Å²) in [5.74, 6) is 0.896. The van der Waals surface area contributed by atoms with Gasteiger partial charge in [0.1, 0.15) is 0 Å². The molecule has 0 saturated heterocycles. The van der Waals surface area contributed by atoms with Crippen molar-refractivity contribution >= 4 is 40.3 Å². The van der Waals surface area contributed by atoms with E-state index in [1.807, 2.05) is 65.7 Å². The SMILES string of the molecule is CC1=NN(c2[c-]c(B(c3[c-]c(-c4cc(-c5ccccc5)n(-c5ccccc5)n4)ccc3)c3c(C)cc(C)cc3C)ccc2)[CH-]N1c1ccccc1.[Pt]. The number of anilines is 2. The number of benzene rings is 6. The molecule has 1 aliphatic heterocycles. The van der Waals surface area contributed by atoms with Crippen molar-refractivity contribution in [3.05, 3.63) is 181 Å². The van der Waals surface area contributed by atoms with Crippen molar-refractivity contribution in [2.75, 3.05) is 9.91 Å². The van der Waals surface area contributed by atoms with Crippen molar-refractivity contribution in [2.24, 2.45) is 5.10 Å². The molecule has 258 valence electrons. The molecule has 0 fully saturated rings. The van der Waals surface area contributed by atoms with Crippen LogP contribution in [0.1, 0.15) is 23.6 Å². The summed E-state index contributed by atoms with van der Waals surface area (Å²) >= 11 is 0. The molecular formula is C45H37BN5Pt-3. The monoisotopic (exact) mass is 853 g/mol. The zero-order chi connectivity index (χ0) is 34.9. The van der Waals surface area contributed by atoms with Crippen LogP contribution in [0, 0.1) is 39.6 Å². The zero-order valence-corrected chi connectivity index (χ0v) is 31.8. The number of hydrogen-bond acceptors (Lipinski definition) is 4. The summed E-state index contributed by atoms with van der Waals surface area (Å²) in [6.07, 6.45) is 0. The number of para-hydroxylation sites is 2. The minimum Gasteiger partial charge on any atom is -0.460 e. The number of hydrogen-bond donors (Lipinski definition) is 0. The van der Waals surface area contributed by atoms with Gasteiger partial charge in [0.2, 0.25) is 0 Å². The number of rotatable bonds is 8. The molecule has 5 nitrogen and oxygen atoms in total. The fraction of sp³-hybridized carbons (Fsp3) is 0.0889. The Kier molecular flexibility index (Phi) is 10.1. The van der Waals surface area contributed by atoms with E-state index in [1.165, 1.54) is 22.2 Å². The number of aromatic nitrogens is 2. The summed E-state index contributed by atoms with van der Waals surface area (Å²) < 4.78 is 2.03. The third-order valence-electron chi connectivity index (χ3n) is 9.43. The first-order chi connectivity index (χ1) is 24.9. The Balaban J connectivity index is 0.00000420. The molecule has 0 bridgehead atoms. The van der Waals surface area contributed by atoms with Crippen molar-refractivity contribution in [3.8, 4) is 28.2 Å². The van der Waals surface area contributed by atoms with Crippen molar-refractivity contribution in [3.63, 3.8) is 0 Å². The van der Waals surface area contributed by atoms with E-state index in [9.17, 15) is 0 Å². The summed E-state index contributed by atoms with van der Waals surface area (Å²) in [5, 5.41) is 12.0. The van der Waals surface area contributed by atoms with Gasteiger partial charge in [0, 0.05) is 32.4 Å². The molecule has 0 amide bonds. The predicted octanol–water partition coefficient (Wildman–Crippen LogP) is 8.02. The Morgan fingerprint density at radius 3 is 1.88 bits per heavy atom. The van der Waals surface area contributed by atoms with Crippen LogP contribution in [0.5, 0.6) is 0 Å². The second kappa shape index (κ2) is 15.0. The topological polar surface area (TPSA) is 36.7 Å². The maximum absolute atomic E-state index is 5.17. The van der Waals surface area contributed by atoms with Gasteiger partial charge >= 0.3 is 0 Å². The van der Waals surface area contributed by atoms with Crippen LogP contribution in [-0.2, 0) is 21.1 Å². The number of hydrazone groups is 1. The van der Waals surface area contributed by atoms with Gasteiger partial charge in [0.25, 0.3) is 0 Å². The van der Waals surface area contributed by atoms with Crippen LogP contribution >= 0.6 is 0 Å². The van der Waals surface area contributed by atoms with Crippen molar-refractivity contribution in [2.45, 2.75) is 27.7 Å². The smallest absolute Gasteiger partial charge is 0.198 e. The van der Waals surface area contributed by atoms with E-state index < -0.39 is 0 Å². The molecule has 52 heavy (non-hydrogen) atoms. The molecule has 1 aromatic heterocycles. The summed E-state index contributed by atoms with van der Waals surface area (Å²) in [4.78, 5) is 2.10. The fourth-order valence-corrected chi connectivity index (χ4v) is 7.18. The third-order valence-corrected chi connectivity index (χ3v) is 9.43. The molecule has 0 aliphatic carbocycles.